The van der Waals surface area contributed by atoms with E-state index in [1.54, 1.807) is 11.8 Å². The number of rotatable bonds is 3. The number of hydrogen-bond donors (Lipinski definition) is 1. The van der Waals surface area contributed by atoms with Crippen LogP contribution in [0.15, 0.2) is 0 Å². The molecule has 0 radical (unpaired) electrons. The Morgan fingerprint density at radius 2 is 1.65 bits per heavy atom. The van der Waals surface area contributed by atoms with E-state index in [-0.39, 0.29) is 21.5 Å². The third-order valence-electron chi connectivity index (χ3n) is 5.99. The maximum atomic E-state index is 12.7. The van der Waals surface area contributed by atoms with Crippen molar-refractivity contribution >= 4 is 34.9 Å². The van der Waals surface area contributed by atoms with E-state index in [1.807, 2.05) is 4.90 Å². The minimum atomic E-state index is -0.110. The van der Waals surface area contributed by atoms with Gasteiger partial charge in [-0.15, -0.1) is 0 Å². The number of hydrogen-bond acceptors (Lipinski definition) is 3. The van der Waals surface area contributed by atoms with Crippen molar-refractivity contribution in [3.05, 3.63) is 0 Å². The zero-order valence-electron chi connectivity index (χ0n) is 13.2. The van der Waals surface area contributed by atoms with Gasteiger partial charge in [0.25, 0.3) is 0 Å². The molecule has 1 heterocycles. The van der Waals surface area contributed by atoms with Crippen molar-refractivity contribution in [2.75, 3.05) is 19.3 Å². The van der Waals surface area contributed by atoms with E-state index < -0.39 is 0 Å². The van der Waals surface area contributed by atoms with Gasteiger partial charge in [0.2, 0.25) is 5.91 Å². The normalized spacial score (nSPS) is 27.1. The Morgan fingerprint density at radius 1 is 1.20 bits per heavy atom. The Bertz CT molecular complexity index is 423. The molecule has 0 unspecified atom stereocenters. The van der Waals surface area contributed by atoms with E-state index in [1.165, 1.54) is 0 Å². The highest BCUT2D eigenvalue weighted by molar-refractivity contribution is 8.02. The van der Waals surface area contributed by atoms with Gasteiger partial charge < -0.3 is 10.6 Å². The highest BCUT2D eigenvalue weighted by atomic mass is 32.2. The molecule has 0 bridgehead atoms. The number of nitrogens with two attached hydrogens (primary N) is 1. The molecule has 0 atom stereocenters. The minimum Gasteiger partial charge on any atom is -0.392 e. The smallest absolute Gasteiger partial charge is 0.226 e. The third kappa shape index (κ3) is 2.17. The quantitative estimate of drug-likeness (QED) is 0.814. The topological polar surface area (TPSA) is 46.3 Å². The standard InChI is InChI=1S/C15H26N2OS2/c1-13(2)10(14(13,3)4)11(18)17-8-6-15(20-5,7-9-17)12(16)19/h10H,6-9H2,1-5H3,(H2,16,19). The average molecular weight is 315 g/mol. The van der Waals surface area contributed by atoms with Crippen molar-refractivity contribution in [3.63, 3.8) is 0 Å². The lowest BCUT2D eigenvalue weighted by molar-refractivity contribution is -0.134. The summed E-state index contributed by atoms with van der Waals surface area (Å²) in [6, 6.07) is 0. The van der Waals surface area contributed by atoms with Crippen molar-refractivity contribution in [1.82, 2.24) is 4.90 Å². The van der Waals surface area contributed by atoms with Crippen LogP contribution in [0.4, 0.5) is 0 Å². The van der Waals surface area contributed by atoms with Gasteiger partial charge in [-0.2, -0.15) is 11.8 Å². The van der Waals surface area contributed by atoms with Gasteiger partial charge in [0.1, 0.15) is 0 Å². The number of piperidine rings is 1. The van der Waals surface area contributed by atoms with Crippen LogP contribution in [-0.4, -0.2) is 39.9 Å². The second-order valence-corrected chi connectivity index (χ2v) is 8.89. The van der Waals surface area contributed by atoms with E-state index in [0.29, 0.717) is 10.9 Å². The lowest BCUT2D eigenvalue weighted by Crippen LogP contribution is -2.51. The van der Waals surface area contributed by atoms with E-state index in [2.05, 4.69) is 34.0 Å². The van der Waals surface area contributed by atoms with Crippen LogP contribution in [-0.2, 0) is 4.79 Å². The molecule has 1 aliphatic carbocycles. The molecule has 2 rings (SSSR count). The highest BCUT2D eigenvalue weighted by Gasteiger charge is 2.68. The molecule has 1 amide bonds. The molecule has 1 saturated carbocycles. The Hall–Kier alpha value is -0.290. The molecular weight excluding hydrogens is 288 g/mol. The Morgan fingerprint density at radius 3 is 1.95 bits per heavy atom. The Kier molecular flexibility index (Phi) is 3.92. The van der Waals surface area contributed by atoms with Crippen LogP contribution in [0.5, 0.6) is 0 Å². The van der Waals surface area contributed by atoms with Crippen LogP contribution in [0.25, 0.3) is 0 Å². The second kappa shape index (κ2) is 4.87. The van der Waals surface area contributed by atoms with Crippen molar-refractivity contribution in [3.8, 4) is 0 Å². The van der Waals surface area contributed by atoms with Crippen molar-refractivity contribution < 1.29 is 4.79 Å². The zero-order chi connectivity index (χ0) is 15.3. The van der Waals surface area contributed by atoms with Gasteiger partial charge in [-0.05, 0) is 29.9 Å². The van der Waals surface area contributed by atoms with Crippen molar-refractivity contribution in [2.45, 2.75) is 45.3 Å². The summed E-state index contributed by atoms with van der Waals surface area (Å²) in [7, 11) is 0. The van der Waals surface area contributed by atoms with Gasteiger partial charge in [0, 0.05) is 19.0 Å². The Labute approximate surface area is 132 Å². The Balaban J connectivity index is 2.02. The number of amides is 1. The summed E-state index contributed by atoms with van der Waals surface area (Å²) >= 11 is 6.96. The van der Waals surface area contributed by atoms with E-state index in [9.17, 15) is 4.79 Å². The monoisotopic (exact) mass is 314 g/mol. The molecule has 1 aliphatic heterocycles. The number of nitrogens with zero attached hydrogens (tertiary/aromatic N) is 1. The molecule has 1 saturated heterocycles. The minimum absolute atomic E-state index is 0.110. The average Bonchev–Trinajstić information content (AvgIpc) is 2.79. The maximum Gasteiger partial charge on any atom is 0.226 e. The molecule has 0 spiro atoms. The lowest BCUT2D eigenvalue weighted by Gasteiger charge is -2.40. The molecule has 2 aliphatic rings. The summed E-state index contributed by atoms with van der Waals surface area (Å²) in [6.07, 6.45) is 3.81. The fourth-order valence-electron chi connectivity index (χ4n) is 3.64. The van der Waals surface area contributed by atoms with Gasteiger partial charge in [-0.25, -0.2) is 0 Å². The molecule has 0 aromatic carbocycles. The summed E-state index contributed by atoms with van der Waals surface area (Å²) in [6.45, 7) is 10.3. The summed E-state index contributed by atoms with van der Waals surface area (Å²) in [5, 5.41) is 0. The van der Waals surface area contributed by atoms with Crippen LogP contribution in [0.3, 0.4) is 0 Å². The number of thiocarbonyl (C=S) groups is 1. The van der Waals surface area contributed by atoms with Crippen LogP contribution in [0.1, 0.15) is 40.5 Å². The van der Waals surface area contributed by atoms with Gasteiger partial charge >= 0.3 is 0 Å². The second-order valence-electron chi connectivity index (χ2n) is 7.26. The first-order valence-electron chi connectivity index (χ1n) is 7.24. The number of likely N-dealkylation sites (tertiary alicyclic amines) is 1. The fourth-order valence-corrected chi connectivity index (χ4v) is 4.88. The van der Waals surface area contributed by atoms with Crippen LogP contribution < -0.4 is 5.73 Å². The lowest BCUT2D eigenvalue weighted by atomic mass is 9.95. The number of carbonyl (C=O) groups excluding carboxylic acids is 1. The first kappa shape index (κ1) is 16.1. The molecular formula is C15H26N2OS2. The first-order chi connectivity index (χ1) is 9.10. The van der Waals surface area contributed by atoms with Gasteiger partial charge in [-0.3, -0.25) is 4.79 Å². The fraction of sp³-hybridized carbons (Fsp3) is 0.867. The first-order valence-corrected chi connectivity index (χ1v) is 8.87. The molecule has 5 heteroatoms. The summed E-state index contributed by atoms with van der Waals surface area (Å²) in [5.74, 6) is 0.472. The summed E-state index contributed by atoms with van der Waals surface area (Å²) in [5.41, 5.74) is 6.12. The largest absolute Gasteiger partial charge is 0.392 e. The predicted octanol–water partition coefficient (Wildman–Crippen LogP) is 2.68. The predicted molar refractivity (Wildman–Crippen MR) is 89.9 cm³/mol. The molecule has 2 fully saturated rings. The molecule has 2 N–H and O–H groups in total. The van der Waals surface area contributed by atoms with E-state index in [4.69, 9.17) is 18.0 Å². The summed E-state index contributed by atoms with van der Waals surface area (Å²) < 4.78 is -0.110. The highest BCUT2D eigenvalue weighted by Crippen LogP contribution is 2.68. The van der Waals surface area contributed by atoms with Crippen LogP contribution in [0.2, 0.25) is 0 Å². The number of thioether (sulfide) groups is 1. The zero-order valence-corrected chi connectivity index (χ0v) is 14.8. The van der Waals surface area contributed by atoms with Crippen LogP contribution in [0, 0.1) is 16.7 Å². The van der Waals surface area contributed by atoms with Crippen molar-refractivity contribution in [2.24, 2.45) is 22.5 Å². The SMILES string of the molecule is CSC1(C(N)=S)CCN(C(=O)C2C(C)(C)C2(C)C)CC1. The van der Waals surface area contributed by atoms with Gasteiger partial charge in [0.15, 0.2) is 0 Å². The van der Waals surface area contributed by atoms with Crippen LogP contribution >= 0.6 is 24.0 Å². The molecule has 114 valence electrons. The summed E-state index contributed by atoms with van der Waals surface area (Å²) in [4.78, 5) is 15.3. The van der Waals surface area contributed by atoms with E-state index in [0.717, 1.165) is 25.9 Å². The molecule has 0 aromatic heterocycles. The molecule has 20 heavy (non-hydrogen) atoms. The molecule has 3 nitrogen and oxygen atoms in total. The number of carbonyl (C=O) groups is 1. The van der Waals surface area contributed by atoms with Crippen molar-refractivity contribution in [1.29, 1.82) is 0 Å². The third-order valence-corrected chi connectivity index (χ3v) is 7.92. The maximum absolute atomic E-state index is 12.7. The van der Waals surface area contributed by atoms with E-state index >= 15 is 0 Å². The molecule has 0 aromatic rings. The van der Waals surface area contributed by atoms with Gasteiger partial charge in [0.05, 0.1) is 9.74 Å². The van der Waals surface area contributed by atoms with Gasteiger partial charge in [-0.1, -0.05) is 39.9 Å².